The van der Waals surface area contributed by atoms with Gasteiger partial charge in [-0.2, -0.15) is 0 Å². The molecule has 1 heterocycles. The maximum absolute atomic E-state index is 5.35. The van der Waals surface area contributed by atoms with Gasteiger partial charge in [-0.3, -0.25) is 5.01 Å². The third-order valence-corrected chi connectivity index (χ3v) is 7.29. The summed E-state index contributed by atoms with van der Waals surface area (Å²) in [6.45, 7) is 2.10. The van der Waals surface area contributed by atoms with Gasteiger partial charge in [0, 0.05) is 4.47 Å². The molecule has 5 aromatic carbocycles. The number of benzene rings is 5. The summed E-state index contributed by atoms with van der Waals surface area (Å²) in [4.78, 5) is 5.35. The molecule has 4 heteroatoms. The van der Waals surface area contributed by atoms with Crippen LogP contribution >= 0.6 is 15.9 Å². The molecule has 1 fully saturated rings. The van der Waals surface area contributed by atoms with Crippen molar-refractivity contribution < 1.29 is 0 Å². The van der Waals surface area contributed by atoms with E-state index in [1.54, 1.807) is 0 Å². The lowest BCUT2D eigenvalue weighted by atomic mass is 9.76. The van der Waals surface area contributed by atoms with Gasteiger partial charge in [-0.25, -0.2) is 10.0 Å². The second-order valence-corrected chi connectivity index (χ2v) is 10.1. The summed E-state index contributed by atoms with van der Waals surface area (Å²) in [5.41, 5.74) is 5.93. The normalized spacial score (nSPS) is 15.5. The van der Waals surface area contributed by atoms with E-state index in [2.05, 4.69) is 166 Å². The first kappa shape index (κ1) is 23.3. The molecule has 5 aromatic rings. The van der Waals surface area contributed by atoms with Crippen molar-refractivity contribution in [2.24, 2.45) is 4.99 Å². The molecule has 0 radical (unpaired) electrons. The molecule has 1 aliphatic rings. The van der Waals surface area contributed by atoms with Crippen molar-refractivity contribution in [3.63, 3.8) is 0 Å². The Hall–Kier alpha value is -4.15. The molecule has 0 unspecified atom stereocenters. The molecule has 1 aliphatic heterocycles. The first-order chi connectivity index (χ1) is 18.2. The maximum atomic E-state index is 5.35. The zero-order valence-corrected chi connectivity index (χ0v) is 22.1. The summed E-state index contributed by atoms with van der Waals surface area (Å²) in [6.07, 6.45) is 0. The highest BCUT2D eigenvalue weighted by Gasteiger charge is 2.60. The van der Waals surface area contributed by atoms with Crippen molar-refractivity contribution in [3.05, 3.63) is 161 Å². The minimum absolute atomic E-state index is 0.642. The van der Waals surface area contributed by atoms with E-state index in [-0.39, 0.29) is 0 Å². The minimum atomic E-state index is -0.642. The molecular weight excluding hydrogens is 518 g/mol. The average Bonchev–Trinajstić information content (AvgIpc) is 2.95. The predicted octanol–water partition coefficient (Wildman–Crippen LogP) is 8.67. The molecule has 1 saturated heterocycles. The molecule has 37 heavy (non-hydrogen) atoms. The summed E-state index contributed by atoms with van der Waals surface area (Å²) < 4.78 is 1.04. The van der Waals surface area contributed by atoms with Crippen molar-refractivity contribution in [3.8, 4) is 0 Å². The van der Waals surface area contributed by atoms with E-state index in [0.717, 1.165) is 38.5 Å². The zero-order chi connectivity index (χ0) is 25.2. The molecule has 0 N–H and O–H groups in total. The van der Waals surface area contributed by atoms with E-state index in [9.17, 15) is 0 Å². The van der Waals surface area contributed by atoms with E-state index in [4.69, 9.17) is 4.99 Å². The molecule has 0 aliphatic carbocycles. The van der Waals surface area contributed by atoms with Crippen LogP contribution in [0.4, 0.5) is 17.1 Å². The Kier molecular flexibility index (Phi) is 6.11. The average molecular weight is 544 g/mol. The van der Waals surface area contributed by atoms with Crippen molar-refractivity contribution in [1.82, 2.24) is 0 Å². The minimum Gasteiger partial charge on any atom is -0.257 e. The zero-order valence-electron chi connectivity index (χ0n) is 20.5. The van der Waals surface area contributed by atoms with Crippen molar-refractivity contribution >= 4 is 38.8 Å². The van der Waals surface area contributed by atoms with Gasteiger partial charge < -0.3 is 0 Å². The summed E-state index contributed by atoms with van der Waals surface area (Å²) in [5.74, 6) is 0.947. The number of halogens is 1. The van der Waals surface area contributed by atoms with Crippen molar-refractivity contribution in [2.45, 2.75) is 12.5 Å². The lowest BCUT2D eigenvalue weighted by Crippen LogP contribution is -2.77. The van der Waals surface area contributed by atoms with Crippen LogP contribution in [-0.2, 0) is 5.54 Å². The van der Waals surface area contributed by atoms with Crippen molar-refractivity contribution in [1.29, 1.82) is 0 Å². The van der Waals surface area contributed by atoms with Crippen LogP contribution in [0, 0.1) is 6.92 Å². The van der Waals surface area contributed by atoms with Gasteiger partial charge in [0.05, 0.1) is 17.1 Å². The largest absolute Gasteiger partial charge is 0.257 e. The second kappa shape index (κ2) is 9.72. The monoisotopic (exact) mass is 543 g/mol. The Labute approximate surface area is 226 Å². The Balaban J connectivity index is 1.69. The molecule has 0 aromatic heterocycles. The predicted molar refractivity (Wildman–Crippen MR) is 157 cm³/mol. The molecule has 0 bridgehead atoms. The second-order valence-electron chi connectivity index (χ2n) is 9.15. The van der Waals surface area contributed by atoms with E-state index in [1.165, 1.54) is 5.56 Å². The number of aliphatic imine (C=N–C) groups is 1. The van der Waals surface area contributed by atoms with Crippen LogP contribution in [0.15, 0.2) is 149 Å². The first-order valence-electron chi connectivity index (χ1n) is 12.4. The van der Waals surface area contributed by atoms with Crippen LogP contribution in [0.2, 0.25) is 0 Å². The Morgan fingerprint density at radius 2 is 1.08 bits per heavy atom. The van der Waals surface area contributed by atoms with E-state index < -0.39 is 5.54 Å². The first-order valence-corrected chi connectivity index (χ1v) is 13.1. The Morgan fingerprint density at radius 1 is 0.568 bits per heavy atom. The number of amidine groups is 1. The summed E-state index contributed by atoms with van der Waals surface area (Å²) in [6, 6.07) is 48.7. The molecule has 0 spiro atoms. The smallest absolute Gasteiger partial charge is 0.171 e. The van der Waals surface area contributed by atoms with Gasteiger partial charge in [0.15, 0.2) is 11.4 Å². The molecule has 0 atom stereocenters. The van der Waals surface area contributed by atoms with Crippen LogP contribution in [-0.4, -0.2) is 5.84 Å². The highest BCUT2D eigenvalue weighted by molar-refractivity contribution is 9.10. The number of para-hydroxylation sites is 1. The molecule has 0 amide bonds. The van der Waals surface area contributed by atoms with E-state index in [0.29, 0.717) is 0 Å². The highest BCUT2D eigenvalue weighted by atomic mass is 79.9. The van der Waals surface area contributed by atoms with Crippen LogP contribution in [0.1, 0.15) is 16.7 Å². The molecule has 6 rings (SSSR count). The maximum Gasteiger partial charge on any atom is 0.171 e. The quantitative estimate of drug-likeness (QED) is 0.221. The van der Waals surface area contributed by atoms with Gasteiger partial charge in [-0.15, -0.1) is 0 Å². The van der Waals surface area contributed by atoms with Gasteiger partial charge in [0.2, 0.25) is 0 Å². The van der Waals surface area contributed by atoms with E-state index in [1.807, 2.05) is 6.07 Å². The van der Waals surface area contributed by atoms with Gasteiger partial charge in [0.25, 0.3) is 0 Å². The van der Waals surface area contributed by atoms with E-state index >= 15 is 0 Å². The Morgan fingerprint density at radius 3 is 1.62 bits per heavy atom. The fraction of sp³-hybridized carbons (Fsp3) is 0.0606. The number of hydrogen-bond donors (Lipinski definition) is 0. The molecule has 3 nitrogen and oxygen atoms in total. The molecule has 0 saturated carbocycles. The topological polar surface area (TPSA) is 18.8 Å². The lowest BCUT2D eigenvalue weighted by molar-refractivity contribution is 0.535. The van der Waals surface area contributed by atoms with Crippen LogP contribution in [0.3, 0.4) is 0 Å². The van der Waals surface area contributed by atoms with Gasteiger partial charge in [-0.1, -0.05) is 112 Å². The standard InChI is InChI=1S/C33H26BrN3/c1-25-17-21-29(22-18-25)35-32-33(26-11-5-2-6-12-26,27-13-7-3-8-14-27)37(31-23-19-28(34)20-24-31)36(32)30-15-9-4-10-16-30/h2-24H,1H3. The fourth-order valence-corrected chi connectivity index (χ4v) is 5.31. The van der Waals surface area contributed by atoms with Crippen LogP contribution < -0.4 is 10.0 Å². The summed E-state index contributed by atoms with van der Waals surface area (Å²) in [7, 11) is 0. The SMILES string of the molecule is Cc1ccc(N=C2N(c3ccccc3)N(c3ccc(Br)cc3)C2(c2ccccc2)c2ccccc2)cc1. The van der Waals surface area contributed by atoms with Crippen LogP contribution in [0.25, 0.3) is 0 Å². The van der Waals surface area contributed by atoms with Gasteiger partial charge in [-0.05, 0) is 66.6 Å². The summed E-state index contributed by atoms with van der Waals surface area (Å²) >= 11 is 3.62. The molecular formula is C33H26BrN3. The van der Waals surface area contributed by atoms with Gasteiger partial charge >= 0.3 is 0 Å². The molecule has 180 valence electrons. The number of rotatable bonds is 5. The van der Waals surface area contributed by atoms with Crippen molar-refractivity contribution in [2.75, 3.05) is 10.0 Å². The number of hydrazine groups is 1. The fourth-order valence-electron chi connectivity index (χ4n) is 5.04. The number of nitrogens with zero attached hydrogens (tertiary/aromatic N) is 3. The van der Waals surface area contributed by atoms with Crippen LogP contribution in [0.5, 0.6) is 0 Å². The summed E-state index contributed by atoms with van der Waals surface area (Å²) in [5, 5.41) is 4.61. The highest BCUT2D eigenvalue weighted by Crippen LogP contribution is 2.52. The Bertz CT molecular complexity index is 1470. The van der Waals surface area contributed by atoms with Gasteiger partial charge in [0.1, 0.15) is 0 Å². The third kappa shape index (κ3) is 4.04. The third-order valence-electron chi connectivity index (χ3n) is 6.77. The lowest BCUT2D eigenvalue weighted by Gasteiger charge is -2.62. The number of aryl methyl sites for hydroxylation is 1. The number of anilines is 2. The number of hydrogen-bond acceptors (Lipinski definition) is 2.